The molecule has 5 rings (SSSR count). The Morgan fingerprint density at radius 1 is 0.979 bits per heavy atom. The van der Waals surface area contributed by atoms with E-state index in [9.17, 15) is 10.3 Å². The van der Waals surface area contributed by atoms with Crippen molar-refractivity contribution in [2.45, 2.75) is 37.3 Å². The van der Waals surface area contributed by atoms with Crippen molar-refractivity contribution < 1.29 is 19.4 Å². The number of azide groups is 1. The summed E-state index contributed by atoms with van der Waals surface area (Å²) < 4.78 is 12.2. The Morgan fingerprint density at radius 2 is 1.70 bits per heavy atom. The topological polar surface area (TPSA) is 141 Å². The van der Waals surface area contributed by atoms with Crippen molar-refractivity contribution in [3.05, 3.63) is 148 Å². The van der Waals surface area contributed by atoms with Crippen LogP contribution >= 0.6 is 0 Å². The van der Waals surface area contributed by atoms with Crippen molar-refractivity contribution in [3.63, 3.8) is 0 Å². The molecular weight excluding hydrogens is 592 g/mol. The SMILES string of the molecule is [N-]=[N+]=Nc1ccccc1[C@@H]1OC(c2ccc(OCCCO)cc2)=N[C@]1(C/C=C/c1ccccc1)C(=O)NNCCCc1ccccc1. The number of hydrogen-bond acceptors (Lipinski definition) is 7. The van der Waals surface area contributed by atoms with Crippen molar-refractivity contribution in [3.8, 4) is 5.75 Å². The molecule has 1 aliphatic heterocycles. The van der Waals surface area contributed by atoms with Gasteiger partial charge in [-0.05, 0) is 53.8 Å². The number of amides is 1. The highest BCUT2D eigenvalue weighted by molar-refractivity contribution is 6.01. The first-order chi connectivity index (χ1) is 23.1. The fourth-order valence-corrected chi connectivity index (χ4v) is 5.36. The lowest BCUT2D eigenvalue weighted by molar-refractivity contribution is -0.129. The summed E-state index contributed by atoms with van der Waals surface area (Å²) in [5.41, 5.74) is 17.6. The number of ether oxygens (including phenoxy) is 2. The van der Waals surface area contributed by atoms with Crippen molar-refractivity contribution >= 4 is 23.6 Å². The van der Waals surface area contributed by atoms with Gasteiger partial charge in [0, 0.05) is 47.7 Å². The first kappa shape index (κ1) is 33.0. The van der Waals surface area contributed by atoms with Gasteiger partial charge < -0.3 is 14.6 Å². The minimum atomic E-state index is -1.45. The summed E-state index contributed by atoms with van der Waals surface area (Å²) in [6.07, 6.45) is 5.35. The van der Waals surface area contributed by atoms with E-state index in [2.05, 4.69) is 33.0 Å². The van der Waals surface area contributed by atoms with Crippen LogP contribution in [0, 0.1) is 0 Å². The Balaban J connectivity index is 1.47. The predicted molar refractivity (Wildman–Crippen MR) is 183 cm³/mol. The molecule has 0 aliphatic carbocycles. The molecule has 10 nitrogen and oxygen atoms in total. The maximum Gasteiger partial charge on any atom is 0.266 e. The number of aliphatic hydroxyl groups is 1. The van der Waals surface area contributed by atoms with Crippen LogP contribution in [-0.4, -0.2) is 42.2 Å². The normalized spacial score (nSPS) is 17.0. The molecule has 0 saturated heterocycles. The standard InChI is InChI=1S/C37H38N6O4/c38-43-41-33-19-8-7-18-32(33)34-37(24-9-16-28-12-3-1-4-13-28,36(45)42-39-25-10-17-29-14-5-2-6-15-29)40-35(47-34)30-20-22-31(23-21-30)46-27-11-26-44/h1-9,12-16,18-23,34,39,44H,10-11,17,24-27H2,(H,42,45)/b16-9+/t34-,37-/m0/s1. The maximum absolute atomic E-state index is 14.3. The fourth-order valence-electron chi connectivity index (χ4n) is 5.36. The van der Waals surface area contributed by atoms with Crippen LogP contribution < -0.4 is 15.6 Å². The quantitative estimate of drug-likeness (QED) is 0.0402. The summed E-state index contributed by atoms with van der Waals surface area (Å²) >= 11 is 0. The van der Waals surface area contributed by atoms with E-state index in [4.69, 9.17) is 19.6 Å². The van der Waals surface area contributed by atoms with Crippen LogP contribution in [0.25, 0.3) is 16.5 Å². The van der Waals surface area contributed by atoms with Gasteiger partial charge in [-0.25, -0.2) is 10.4 Å². The number of rotatable bonds is 16. The van der Waals surface area contributed by atoms with E-state index in [0.717, 1.165) is 18.4 Å². The lowest BCUT2D eigenvalue weighted by atomic mass is 9.83. The van der Waals surface area contributed by atoms with E-state index < -0.39 is 11.6 Å². The Hall–Kier alpha value is -5.41. The van der Waals surface area contributed by atoms with Crippen molar-refractivity contribution in [1.82, 2.24) is 10.9 Å². The van der Waals surface area contributed by atoms with Crippen LogP contribution in [0.1, 0.15) is 47.6 Å². The highest BCUT2D eigenvalue weighted by atomic mass is 16.5. The average Bonchev–Trinajstić information content (AvgIpc) is 3.50. The smallest absolute Gasteiger partial charge is 0.266 e. The minimum Gasteiger partial charge on any atom is -0.494 e. The van der Waals surface area contributed by atoms with Crippen LogP contribution in [0.4, 0.5) is 5.69 Å². The number of benzene rings is 4. The zero-order valence-corrected chi connectivity index (χ0v) is 26.0. The number of hydrazine groups is 1. The summed E-state index contributed by atoms with van der Waals surface area (Å²) in [7, 11) is 0. The van der Waals surface area contributed by atoms with E-state index in [0.29, 0.717) is 42.1 Å². The monoisotopic (exact) mass is 630 g/mol. The Morgan fingerprint density at radius 3 is 2.45 bits per heavy atom. The van der Waals surface area contributed by atoms with Crippen molar-refractivity contribution in [1.29, 1.82) is 0 Å². The molecule has 1 aliphatic rings. The summed E-state index contributed by atoms with van der Waals surface area (Å²) in [4.78, 5) is 22.4. The second-order valence-corrected chi connectivity index (χ2v) is 11.0. The fraction of sp³-hybridized carbons (Fsp3) is 0.243. The molecule has 1 heterocycles. The van der Waals surface area contributed by atoms with Gasteiger partial charge in [-0.1, -0.05) is 102 Å². The van der Waals surface area contributed by atoms with E-state index in [1.807, 2.05) is 78.9 Å². The summed E-state index contributed by atoms with van der Waals surface area (Å²) in [6, 6.07) is 34.3. The third-order valence-corrected chi connectivity index (χ3v) is 7.75. The second kappa shape index (κ2) is 16.8. The highest BCUT2D eigenvalue weighted by Gasteiger charge is 2.53. The molecule has 1 amide bonds. The molecule has 4 aromatic rings. The number of aliphatic hydroxyl groups excluding tert-OH is 1. The second-order valence-electron chi connectivity index (χ2n) is 11.0. The molecule has 2 atom stereocenters. The van der Waals surface area contributed by atoms with Crippen LogP contribution in [0.3, 0.4) is 0 Å². The van der Waals surface area contributed by atoms with Gasteiger partial charge in [-0.2, -0.15) is 0 Å². The number of aryl methyl sites for hydroxylation is 1. The average molecular weight is 631 g/mol. The van der Waals surface area contributed by atoms with Gasteiger partial charge in [-0.3, -0.25) is 10.2 Å². The largest absolute Gasteiger partial charge is 0.494 e. The molecule has 0 saturated carbocycles. The summed E-state index contributed by atoms with van der Waals surface area (Å²) in [6.45, 7) is 0.985. The van der Waals surface area contributed by atoms with Gasteiger partial charge in [0.25, 0.3) is 5.91 Å². The number of carbonyl (C=O) groups is 1. The first-order valence-electron chi connectivity index (χ1n) is 15.7. The molecule has 4 aromatic carbocycles. The highest BCUT2D eigenvalue weighted by Crippen LogP contribution is 2.45. The molecular formula is C37H38N6O4. The predicted octanol–water partition coefficient (Wildman–Crippen LogP) is 7.00. The molecule has 0 fully saturated rings. The van der Waals surface area contributed by atoms with Gasteiger partial charge in [0.2, 0.25) is 5.90 Å². The van der Waals surface area contributed by atoms with Gasteiger partial charge in [0.15, 0.2) is 11.6 Å². The molecule has 240 valence electrons. The summed E-state index contributed by atoms with van der Waals surface area (Å²) in [5, 5.41) is 13.0. The number of hydrogen-bond donors (Lipinski definition) is 3. The molecule has 10 heteroatoms. The Labute approximate surface area is 274 Å². The van der Waals surface area contributed by atoms with Gasteiger partial charge in [0.1, 0.15) is 5.75 Å². The molecule has 0 aromatic heterocycles. The first-order valence-corrected chi connectivity index (χ1v) is 15.7. The minimum absolute atomic E-state index is 0.0478. The Bertz CT molecular complexity index is 1710. The number of aliphatic imine (C=N–C) groups is 1. The van der Waals surface area contributed by atoms with Crippen LogP contribution in [-0.2, 0) is 16.0 Å². The van der Waals surface area contributed by atoms with Crippen LogP contribution in [0.5, 0.6) is 5.75 Å². The van der Waals surface area contributed by atoms with Crippen molar-refractivity contribution in [2.75, 3.05) is 19.8 Å². The number of nitrogens with zero attached hydrogens (tertiary/aromatic N) is 4. The van der Waals surface area contributed by atoms with Gasteiger partial charge in [-0.15, -0.1) is 0 Å². The van der Waals surface area contributed by atoms with E-state index in [1.165, 1.54) is 5.56 Å². The van der Waals surface area contributed by atoms with Crippen molar-refractivity contribution in [2.24, 2.45) is 10.1 Å². The van der Waals surface area contributed by atoms with Crippen LogP contribution in [0.15, 0.2) is 125 Å². The van der Waals surface area contributed by atoms with Gasteiger partial charge >= 0.3 is 0 Å². The molecule has 3 N–H and O–H groups in total. The molecule has 0 radical (unpaired) electrons. The Kier molecular flexibility index (Phi) is 11.8. The summed E-state index contributed by atoms with van der Waals surface area (Å²) in [5.74, 6) is 0.537. The molecule has 0 bridgehead atoms. The van der Waals surface area contributed by atoms with Gasteiger partial charge in [0.05, 0.1) is 6.61 Å². The zero-order chi connectivity index (χ0) is 32.7. The molecule has 47 heavy (non-hydrogen) atoms. The maximum atomic E-state index is 14.3. The lowest BCUT2D eigenvalue weighted by Gasteiger charge is -2.30. The lowest BCUT2D eigenvalue weighted by Crippen LogP contribution is -2.52. The molecule has 0 unspecified atom stereocenters. The van der Waals surface area contributed by atoms with E-state index in [1.54, 1.807) is 30.3 Å². The zero-order valence-electron chi connectivity index (χ0n) is 26.0. The van der Waals surface area contributed by atoms with E-state index >= 15 is 0 Å². The number of nitrogens with one attached hydrogen (secondary N) is 2. The molecule has 0 spiro atoms. The van der Waals surface area contributed by atoms with Crippen LogP contribution in [0.2, 0.25) is 0 Å². The van der Waals surface area contributed by atoms with E-state index in [-0.39, 0.29) is 24.8 Å². The number of carbonyl (C=O) groups excluding carboxylic acids is 1. The third kappa shape index (κ3) is 8.65. The third-order valence-electron chi connectivity index (χ3n) is 7.75.